The van der Waals surface area contributed by atoms with Gasteiger partial charge < -0.3 is 15.0 Å². The van der Waals surface area contributed by atoms with Gasteiger partial charge in [0.15, 0.2) is 5.82 Å². The standard InChI is InChI=1S/C18H21ClN4O2/c1-25-17-9-8-16(21-22-17)23-10-2-3-14(12-23)18(24)20-11-13-4-6-15(19)7-5-13/h4-9,14H,2-3,10-12H2,1H3,(H,20,24). The van der Waals surface area contributed by atoms with Crippen molar-refractivity contribution >= 4 is 23.3 Å². The lowest BCUT2D eigenvalue weighted by atomic mass is 9.97. The maximum Gasteiger partial charge on any atom is 0.233 e. The van der Waals surface area contributed by atoms with Gasteiger partial charge in [0, 0.05) is 30.7 Å². The lowest BCUT2D eigenvalue weighted by Gasteiger charge is -2.32. The van der Waals surface area contributed by atoms with Crippen LogP contribution in [0.4, 0.5) is 5.82 Å². The van der Waals surface area contributed by atoms with Gasteiger partial charge in [0.05, 0.1) is 13.0 Å². The lowest BCUT2D eigenvalue weighted by molar-refractivity contribution is -0.125. The number of benzene rings is 1. The third-order valence-electron chi connectivity index (χ3n) is 4.33. The largest absolute Gasteiger partial charge is 0.480 e. The van der Waals surface area contributed by atoms with Gasteiger partial charge in [0.25, 0.3) is 0 Å². The van der Waals surface area contributed by atoms with Crippen molar-refractivity contribution < 1.29 is 9.53 Å². The Kier molecular flexibility index (Phi) is 5.71. The molecule has 132 valence electrons. The number of hydrogen-bond acceptors (Lipinski definition) is 5. The summed E-state index contributed by atoms with van der Waals surface area (Å²) >= 11 is 5.88. The van der Waals surface area contributed by atoms with Crippen molar-refractivity contribution in [1.82, 2.24) is 15.5 Å². The van der Waals surface area contributed by atoms with Crippen molar-refractivity contribution in [2.45, 2.75) is 19.4 Å². The van der Waals surface area contributed by atoms with Crippen molar-refractivity contribution in [2.24, 2.45) is 5.92 Å². The van der Waals surface area contributed by atoms with Gasteiger partial charge >= 0.3 is 0 Å². The predicted molar refractivity (Wildman–Crippen MR) is 96.8 cm³/mol. The summed E-state index contributed by atoms with van der Waals surface area (Å²) in [6.07, 6.45) is 1.83. The molecule has 0 aliphatic carbocycles. The third-order valence-corrected chi connectivity index (χ3v) is 4.58. The van der Waals surface area contributed by atoms with Gasteiger partial charge in [-0.25, -0.2) is 0 Å². The summed E-state index contributed by atoms with van der Waals surface area (Å²) in [5, 5.41) is 11.9. The zero-order valence-corrected chi connectivity index (χ0v) is 14.9. The van der Waals surface area contributed by atoms with E-state index in [0.717, 1.165) is 30.8 Å². The zero-order valence-electron chi connectivity index (χ0n) is 14.1. The van der Waals surface area contributed by atoms with Gasteiger partial charge in [-0.05, 0) is 36.6 Å². The highest BCUT2D eigenvalue weighted by atomic mass is 35.5. The number of anilines is 1. The molecule has 0 bridgehead atoms. The van der Waals surface area contributed by atoms with Crippen LogP contribution in [0.5, 0.6) is 5.88 Å². The number of nitrogens with one attached hydrogen (secondary N) is 1. The number of amides is 1. The van der Waals surface area contributed by atoms with Crippen LogP contribution in [-0.4, -0.2) is 36.3 Å². The van der Waals surface area contributed by atoms with Crippen LogP contribution in [0.2, 0.25) is 5.02 Å². The monoisotopic (exact) mass is 360 g/mol. The number of ether oxygens (including phenoxy) is 1. The van der Waals surface area contributed by atoms with Gasteiger partial charge in [0.2, 0.25) is 11.8 Å². The maximum atomic E-state index is 12.5. The van der Waals surface area contributed by atoms with E-state index in [1.165, 1.54) is 0 Å². The average molecular weight is 361 g/mol. The van der Waals surface area contributed by atoms with Crippen LogP contribution in [0.15, 0.2) is 36.4 Å². The first-order valence-electron chi connectivity index (χ1n) is 8.30. The fourth-order valence-corrected chi connectivity index (χ4v) is 3.05. The quantitative estimate of drug-likeness (QED) is 0.887. The van der Waals surface area contributed by atoms with Crippen LogP contribution in [0, 0.1) is 5.92 Å². The Morgan fingerprint density at radius 2 is 2.08 bits per heavy atom. The van der Waals surface area contributed by atoms with E-state index < -0.39 is 0 Å². The van der Waals surface area contributed by atoms with Crippen molar-refractivity contribution in [3.05, 3.63) is 47.0 Å². The number of methoxy groups -OCH3 is 1. The molecule has 1 saturated heterocycles. The number of nitrogens with zero attached hydrogens (tertiary/aromatic N) is 3. The number of halogens is 1. The van der Waals surface area contributed by atoms with Gasteiger partial charge in [-0.3, -0.25) is 4.79 Å². The Labute approximate surface area is 152 Å². The molecule has 7 heteroatoms. The van der Waals surface area contributed by atoms with Crippen molar-refractivity contribution in [3.63, 3.8) is 0 Å². The van der Waals surface area contributed by atoms with Crippen molar-refractivity contribution in [3.8, 4) is 5.88 Å². The summed E-state index contributed by atoms with van der Waals surface area (Å²) in [5.41, 5.74) is 1.03. The Morgan fingerprint density at radius 3 is 2.76 bits per heavy atom. The van der Waals surface area contributed by atoms with Crippen LogP contribution < -0.4 is 15.0 Å². The lowest BCUT2D eigenvalue weighted by Crippen LogP contribution is -2.43. The molecular formula is C18H21ClN4O2. The first-order chi connectivity index (χ1) is 12.2. The van der Waals surface area contributed by atoms with Crippen LogP contribution in [0.25, 0.3) is 0 Å². The van der Waals surface area contributed by atoms with Gasteiger partial charge in [0.1, 0.15) is 0 Å². The highest BCUT2D eigenvalue weighted by Gasteiger charge is 2.26. The van der Waals surface area contributed by atoms with Crippen LogP contribution in [0.3, 0.4) is 0 Å². The molecule has 1 N–H and O–H groups in total. The summed E-state index contributed by atoms with van der Waals surface area (Å²) in [5.74, 6) is 1.28. The molecule has 1 amide bonds. The van der Waals surface area contributed by atoms with Crippen LogP contribution >= 0.6 is 11.6 Å². The molecule has 1 aliphatic heterocycles. The number of piperidine rings is 1. The summed E-state index contributed by atoms with van der Waals surface area (Å²) in [4.78, 5) is 14.6. The Hall–Kier alpha value is -2.34. The number of carbonyl (C=O) groups excluding carboxylic acids is 1. The average Bonchev–Trinajstić information content (AvgIpc) is 2.67. The summed E-state index contributed by atoms with van der Waals surface area (Å²) in [7, 11) is 1.56. The molecule has 2 aromatic rings. The normalized spacial score (nSPS) is 17.2. The van der Waals surface area contributed by atoms with E-state index in [2.05, 4.69) is 20.4 Å². The molecule has 1 aromatic heterocycles. The fraction of sp³-hybridized carbons (Fsp3) is 0.389. The highest BCUT2D eigenvalue weighted by Crippen LogP contribution is 2.22. The van der Waals surface area contributed by atoms with Gasteiger partial charge in [-0.15, -0.1) is 10.2 Å². The number of carbonyl (C=O) groups is 1. The maximum absolute atomic E-state index is 12.5. The summed E-state index contributed by atoms with van der Waals surface area (Å²) in [6.45, 7) is 2.03. The second-order valence-electron chi connectivity index (χ2n) is 6.06. The number of aromatic nitrogens is 2. The Morgan fingerprint density at radius 1 is 1.28 bits per heavy atom. The van der Waals surface area contributed by atoms with E-state index in [9.17, 15) is 4.79 Å². The molecule has 1 fully saturated rings. The van der Waals surface area contributed by atoms with E-state index in [1.54, 1.807) is 13.2 Å². The molecule has 1 aromatic carbocycles. The van der Waals surface area contributed by atoms with Crippen molar-refractivity contribution in [2.75, 3.05) is 25.1 Å². The van der Waals surface area contributed by atoms with Gasteiger partial charge in [-0.1, -0.05) is 23.7 Å². The molecule has 25 heavy (non-hydrogen) atoms. The molecule has 1 atom stereocenters. The van der Waals surface area contributed by atoms with E-state index in [-0.39, 0.29) is 11.8 Å². The Balaban J connectivity index is 1.56. The molecule has 1 unspecified atom stereocenters. The molecule has 3 rings (SSSR count). The molecule has 0 saturated carbocycles. The molecular weight excluding hydrogens is 340 g/mol. The minimum absolute atomic E-state index is 0.0510. The van der Waals surface area contributed by atoms with Gasteiger partial charge in [-0.2, -0.15) is 0 Å². The van der Waals surface area contributed by atoms with E-state index in [4.69, 9.17) is 16.3 Å². The number of hydrogen-bond donors (Lipinski definition) is 1. The van der Waals surface area contributed by atoms with E-state index >= 15 is 0 Å². The molecule has 0 spiro atoms. The summed E-state index contributed by atoms with van der Waals surface area (Å²) in [6, 6.07) is 11.2. The van der Waals surface area contributed by atoms with E-state index in [1.807, 2.05) is 30.3 Å². The second-order valence-corrected chi connectivity index (χ2v) is 6.50. The minimum atomic E-state index is -0.0510. The summed E-state index contributed by atoms with van der Waals surface area (Å²) < 4.78 is 5.03. The fourth-order valence-electron chi connectivity index (χ4n) is 2.93. The Bertz CT molecular complexity index is 706. The highest BCUT2D eigenvalue weighted by molar-refractivity contribution is 6.30. The first-order valence-corrected chi connectivity index (χ1v) is 8.68. The topological polar surface area (TPSA) is 67.3 Å². The molecule has 6 nitrogen and oxygen atoms in total. The van der Waals surface area contributed by atoms with Crippen LogP contribution in [0.1, 0.15) is 18.4 Å². The third kappa shape index (κ3) is 4.60. The van der Waals surface area contributed by atoms with E-state index in [0.29, 0.717) is 24.0 Å². The van der Waals surface area contributed by atoms with Crippen molar-refractivity contribution in [1.29, 1.82) is 0 Å². The van der Waals surface area contributed by atoms with Crippen LogP contribution in [-0.2, 0) is 11.3 Å². The molecule has 0 radical (unpaired) electrons. The minimum Gasteiger partial charge on any atom is -0.480 e. The predicted octanol–water partition coefficient (Wildman–Crippen LogP) is 2.67. The zero-order chi connectivity index (χ0) is 17.6. The SMILES string of the molecule is COc1ccc(N2CCCC(C(=O)NCc3ccc(Cl)cc3)C2)nn1. The molecule has 1 aliphatic rings. The first kappa shape index (κ1) is 17.5. The second kappa shape index (κ2) is 8.16. The smallest absolute Gasteiger partial charge is 0.233 e. The number of rotatable bonds is 5. The molecule has 2 heterocycles.